The molecule has 2 fully saturated rings. The third-order valence-corrected chi connectivity index (χ3v) is 5.86. The van der Waals surface area contributed by atoms with Gasteiger partial charge in [0.1, 0.15) is 5.82 Å². The van der Waals surface area contributed by atoms with Crippen LogP contribution in [0.5, 0.6) is 0 Å². The number of nitrogens with zero attached hydrogens (tertiary/aromatic N) is 3. The van der Waals surface area contributed by atoms with Crippen LogP contribution in [-0.2, 0) is 11.3 Å². The van der Waals surface area contributed by atoms with Gasteiger partial charge in [0, 0.05) is 43.9 Å². The number of rotatable bonds is 3. The van der Waals surface area contributed by atoms with Crippen LogP contribution in [-0.4, -0.2) is 33.4 Å². The van der Waals surface area contributed by atoms with Gasteiger partial charge in [0.25, 0.3) is 0 Å². The molecular weight excluding hydrogens is 274 g/mol. The number of allylic oxidation sites excluding steroid dienone is 2. The van der Waals surface area contributed by atoms with Gasteiger partial charge in [0.05, 0.1) is 0 Å². The molecule has 3 atom stereocenters. The van der Waals surface area contributed by atoms with E-state index < -0.39 is 0 Å². The second kappa shape index (κ2) is 5.56. The lowest BCUT2D eigenvalue weighted by atomic mass is 9.90. The predicted octanol–water partition coefficient (Wildman–Crippen LogP) is 2.82. The van der Waals surface area contributed by atoms with Crippen LogP contribution < -0.4 is 0 Å². The minimum absolute atomic E-state index is 0.268. The first-order valence-corrected chi connectivity index (χ1v) is 8.74. The third kappa shape index (κ3) is 2.29. The smallest absolute Gasteiger partial charge is 0.226 e. The van der Waals surface area contributed by atoms with Gasteiger partial charge in [-0.3, -0.25) is 4.79 Å². The number of carbonyl (C=O) groups excluding carboxylic acids is 1. The van der Waals surface area contributed by atoms with Crippen molar-refractivity contribution in [2.45, 2.75) is 45.1 Å². The molecule has 1 aliphatic heterocycles. The molecule has 4 heteroatoms. The summed E-state index contributed by atoms with van der Waals surface area (Å²) in [6, 6.07) is 0. The molecule has 1 aromatic rings. The van der Waals surface area contributed by atoms with Crippen LogP contribution in [0.15, 0.2) is 24.5 Å². The van der Waals surface area contributed by atoms with Gasteiger partial charge in [-0.2, -0.15) is 0 Å². The fourth-order valence-electron chi connectivity index (χ4n) is 4.61. The van der Waals surface area contributed by atoms with Crippen LogP contribution in [0, 0.1) is 17.8 Å². The van der Waals surface area contributed by atoms with Gasteiger partial charge in [0.15, 0.2) is 0 Å². The second-order valence-electron chi connectivity index (χ2n) is 7.06. The van der Waals surface area contributed by atoms with E-state index in [0.29, 0.717) is 23.7 Å². The van der Waals surface area contributed by atoms with E-state index in [1.54, 1.807) is 0 Å². The van der Waals surface area contributed by atoms with E-state index in [0.717, 1.165) is 38.9 Å². The van der Waals surface area contributed by atoms with Crippen molar-refractivity contribution in [3.63, 3.8) is 0 Å². The molecule has 0 radical (unpaired) electrons. The molecule has 1 saturated heterocycles. The Hall–Kier alpha value is -1.58. The van der Waals surface area contributed by atoms with E-state index in [4.69, 9.17) is 0 Å². The Morgan fingerprint density at radius 1 is 1.27 bits per heavy atom. The highest BCUT2D eigenvalue weighted by atomic mass is 16.2. The summed E-state index contributed by atoms with van der Waals surface area (Å²) in [4.78, 5) is 19.4. The second-order valence-corrected chi connectivity index (χ2v) is 7.06. The quantitative estimate of drug-likeness (QED) is 0.805. The van der Waals surface area contributed by atoms with E-state index in [-0.39, 0.29) is 5.92 Å². The Morgan fingerprint density at radius 2 is 2.09 bits per heavy atom. The molecule has 1 aromatic heterocycles. The Bertz CT molecular complexity index is 583. The van der Waals surface area contributed by atoms with Crippen LogP contribution >= 0.6 is 0 Å². The maximum atomic E-state index is 12.8. The molecule has 4 rings (SSSR count). The minimum atomic E-state index is 0.268. The maximum absolute atomic E-state index is 12.8. The van der Waals surface area contributed by atoms with Gasteiger partial charge in [-0.25, -0.2) is 4.98 Å². The first-order chi connectivity index (χ1) is 10.8. The van der Waals surface area contributed by atoms with Crippen molar-refractivity contribution in [2.75, 3.05) is 13.1 Å². The average Bonchev–Trinajstić information content (AvgIpc) is 3.29. The molecule has 0 aromatic carbocycles. The Kier molecular flexibility index (Phi) is 3.55. The molecule has 0 N–H and O–H groups in total. The number of likely N-dealkylation sites (tertiary alicyclic amines) is 1. The van der Waals surface area contributed by atoms with Crippen LogP contribution in [0.25, 0.3) is 0 Å². The molecule has 1 amide bonds. The Balaban J connectivity index is 1.38. The van der Waals surface area contributed by atoms with Gasteiger partial charge in [-0.15, -0.1) is 0 Å². The summed E-state index contributed by atoms with van der Waals surface area (Å²) in [5.41, 5.74) is 0. The van der Waals surface area contributed by atoms with Crippen molar-refractivity contribution in [1.82, 2.24) is 14.5 Å². The molecule has 0 spiro atoms. The fourth-order valence-corrected chi connectivity index (χ4v) is 4.61. The SMILES string of the molecule is CCn1ccnc1C1CCN(C(=O)[C@@H]2C[C@@H]3C=C[C@H]2C3)CC1. The van der Waals surface area contributed by atoms with Gasteiger partial charge >= 0.3 is 0 Å². The zero-order valence-electron chi connectivity index (χ0n) is 13.3. The highest BCUT2D eigenvalue weighted by Gasteiger charge is 2.42. The van der Waals surface area contributed by atoms with E-state index in [9.17, 15) is 4.79 Å². The average molecular weight is 299 g/mol. The number of aromatic nitrogens is 2. The van der Waals surface area contributed by atoms with Crippen molar-refractivity contribution >= 4 is 5.91 Å². The van der Waals surface area contributed by atoms with Crippen LogP contribution in [0.4, 0.5) is 0 Å². The molecule has 3 aliphatic rings. The minimum Gasteiger partial charge on any atom is -0.342 e. The van der Waals surface area contributed by atoms with Crippen LogP contribution in [0.3, 0.4) is 0 Å². The van der Waals surface area contributed by atoms with Crippen molar-refractivity contribution in [3.05, 3.63) is 30.4 Å². The number of aryl methyl sites for hydroxylation is 1. The summed E-state index contributed by atoms with van der Waals surface area (Å²) in [6.07, 6.45) is 13.0. The van der Waals surface area contributed by atoms with Crippen LogP contribution in [0.2, 0.25) is 0 Å². The van der Waals surface area contributed by atoms with Crippen molar-refractivity contribution in [3.8, 4) is 0 Å². The normalized spacial score (nSPS) is 31.1. The van der Waals surface area contributed by atoms with Crippen molar-refractivity contribution in [2.24, 2.45) is 17.8 Å². The monoisotopic (exact) mass is 299 g/mol. The van der Waals surface area contributed by atoms with Crippen molar-refractivity contribution < 1.29 is 4.79 Å². The summed E-state index contributed by atoms with van der Waals surface area (Å²) < 4.78 is 2.24. The summed E-state index contributed by atoms with van der Waals surface area (Å²) in [7, 11) is 0. The van der Waals surface area contributed by atoms with Crippen molar-refractivity contribution in [1.29, 1.82) is 0 Å². The lowest BCUT2D eigenvalue weighted by molar-refractivity contribution is -0.137. The van der Waals surface area contributed by atoms with E-state index in [1.807, 2.05) is 6.20 Å². The predicted molar refractivity (Wildman–Crippen MR) is 85.3 cm³/mol. The van der Waals surface area contributed by atoms with Crippen LogP contribution in [0.1, 0.15) is 44.3 Å². The largest absolute Gasteiger partial charge is 0.342 e. The summed E-state index contributed by atoms with van der Waals surface area (Å²) in [6.45, 7) is 4.94. The third-order valence-electron chi connectivity index (χ3n) is 5.86. The Labute approximate surface area is 132 Å². The molecule has 2 heterocycles. The molecule has 22 heavy (non-hydrogen) atoms. The number of amides is 1. The van der Waals surface area contributed by atoms with E-state index in [1.165, 1.54) is 12.2 Å². The number of imidazole rings is 1. The van der Waals surface area contributed by atoms with Gasteiger partial charge in [-0.05, 0) is 44.4 Å². The number of fused-ring (bicyclic) bond motifs is 2. The number of hydrogen-bond acceptors (Lipinski definition) is 2. The molecule has 4 nitrogen and oxygen atoms in total. The summed E-state index contributed by atoms with van der Waals surface area (Å²) in [5.74, 6) is 3.59. The lowest BCUT2D eigenvalue weighted by Gasteiger charge is -2.34. The van der Waals surface area contributed by atoms with E-state index in [2.05, 4.69) is 39.7 Å². The number of hydrogen-bond donors (Lipinski definition) is 0. The molecular formula is C18H25N3O. The first kappa shape index (κ1) is 14.0. The molecule has 2 bridgehead atoms. The molecule has 118 valence electrons. The topological polar surface area (TPSA) is 38.1 Å². The Morgan fingerprint density at radius 3 is 2.73 bits per heavy atom. The molecule has 2 aliphatic carbocycles. The zero-order chi connectivity index (χ0) is 15.1. The lowest BCUT2D eigenvalue weighted by Crippen LogP contribution is -2.42. The number of piperidine rings is 1. The van der Waals surface area contributed by atoms with Gasteiger partial charge in [-0.1, -0.05) is 12.2 Å². The first-order valence-electron chi connectivity index (χ1n) is 8.74. The fraction of sp³-hybridized carbons (Fsp3) is 0.667. The van der Waals surface area contributed by atoms with E-state index >= 15 is 0 Å². The zero-order valence-corrected chi connectivity index (χ0v) is 13.3. The number of carbonyl (C=O) groups is 1. The molecule has 1 saturated carbocycles. The van der Waals surface area contributed by atoms with Gasteiger partial charge in [0.2, 0.25) is 5.91 Å². The van der Waals surface area contributed by atoms with Gasteiger partial charge < -0.3 is 9.47 Å². The summed E-state index contributed by atoms with van der Waals surface area (Å²) in [5, 5.41) is 0. The highest BCUT2D eigenvalue weighted by Crippen LogP contribution is 2.44. The molecule has 0 unspecified atom stereocenters. The highest BCUT2D eigenvalue weighted by molar-refractivity contribution is 5.80. The summed E-state index contributed by atoms with van der Waals surface area (Å²) >= 11 is 0. The standard InChI is InChI=1S/C18H25N3O/c1-2-20-10-7-19-17(20)14-5-8-21(9-6-14)18(22)16-12-13-3-4-15(16)11-13/h3-4,7,10,13-16H,2,5-6,8-9,11-12H2,1H3/t13-,15+,16-/m1/s1. The maximum Gasteiger partial charge on any atom is 0.226 e.